The van der Waals surface area contributed by atoms with Crippen LogP contribution >= 0.6 is 0 Å². The summed E-state index contributed by atoms with van der Waals surface area (Å²) in [5.74, 6) is 0.0615. The third-order valence-corrected chi connectivity index (χ3v) is 5.99. The third kappa shape index (κ3) is 5.20. The molecule has 184 valence electrons. The number of nitrogens with zero attached hydrogens (tertiary/aromatic N) is 5. The van der Waals surface area contributed by atoms with Crippen LogP contribution in [0.5, 0.6) is 0 Å². The molecule has 0 unspecified atom stereocenters. The second kappa shape index (κ2) is 10.6. The van der Waals surface area contributed by atoms with E-state index in [9.17, 15) is 9.59 Å². The molecule has 0 saturated heterocycles. The van der Waals surface area contributed by atoms with Crippen LogP contribution in [0.4, 0.5) is 0 Å². The van der Waals surface area contributed by atoms with Crippen molar-refractivity contribution >= 4 is 17.0 Å². The van der Waals surface area contributed by atoms with E-state index in [1.54, 1.807) is 37.0 Å². The number of esters is 1. The molecule has 0 aliphatic heterocycles. The number of hydrogen-bond donors (Lipinski definition) is 0. The Morgan fingerprint density at radius 3 is 2.56 bits per heavy atom. The van der Waals surface area contributed by atoms with Gasteiger partial charge in [0.25, 0.3) is 5.56 Å². The maximum Gasteiger partial charge on any atom is 0.325 e. The minimum Gasteiger partial charge on any atom is -0.465 e. The summed E-state index contributed by atoms with van der Waals surface area (Å²) in [6, 6.07) is 15.0. The molecule has 36 heavy (non-hydrogen) atoms. The number of carbonyl (C=O) groups is 1. The van der Waals surface area contributed by atoms with Crippen molar-refractivity contribution in [3.8, 4) is 17.3 Å². The minimum absolute atomic E-state index is 0.0664. The zero-order chi connectivity index (χ0) is 25.8. The highest BCUT2D eigenvalue weighted by atomic mass is 16.5. The van der Waals surface area contributed by atoms with E-state index in [1.807, 2.05) is 34.9 Å². The van der Waals surface area contributed by atoms with Crippen molar-refractivity contribution in [1.29, 1.82) is 5.26 Å². The van der Waals surface area contributed by atoms with E-state index >= 15 is 0 Å². The van der Waals surface area contributed by atoms with Gasteiger partial charge in [0, 0.05) is 19.0 Å². The Morgan fingerprint density at radius 2 is 1.89 bits per heavy atom. The predicted molar refractivity (Wildman–Crippen MR) is 137 cm³/mol. The summed E-state index contributed by atoms with van der Waals surface area (Å²) < 4.78 is 8.58. The molecular formula is C28H29N5O3. The average Bonchev–Trinajstić information content (AvgIpc) is 3.23. The van der Waals surface area contributed by atoms with Crippen LogP contribution in [-0.4, -0.2) is 31.7 Å². The number of aryl methyl sites for hydroxylation is 1. The predicted octanol–water partition coefficient (Wildman–Crippen LogP) is 4.02. The number of ether oxygens (including phenoxy) is 1. The first-order chi connectivity index (χ1) is 17.3. The summed E-state index contributed by atoms with van der Waals surface area (Å²) in [7, 11) is 1.74. The molecule has 4 aromatic rings. The Kier molecular flexibility index (Phi) is 7.30. The molecule has 8 nitrogen and oxygen atoms in total. The van der Waals surface area contributed by atoms with Crippen molar-refractivity contribution < 1.29 is 9.53 Å². The fraction of sp³-hybridized carbons (Fsp3) is 0.321. The number of fused-ring (bicyclic) bond motifs is 1. The lowest BCUT2D eigenvalue weighted by Gasteiger charge is -2.13. The molecule has 8 heteroatoms. The van der Waals surface area contributed by atoms with Gasteiger partial charge in [-0.05, 0) is 49.1 Å². The lowest BCUT2D eigenvalue weighted by Crippen LogP contribution is -2.23. The smallest absolute Gasteiger partial charge is 0.325 e. The lowest BCUT2D eigenvalue weighted by atomic mass is 10.0. The van der Waals surface area contributed by atoms with Crippen LogP contribution < -0.4 is 5.56 Å². The molecule has 0 N–H and O–H groups in total. The lowest BCUT2D eigenvalue weighted by molar-refractivity contribution is -0.143. The van der Waals surface area contributed by atoms with Gasteiger partial charge < -0.3 is 13.9 Å². The first kappa shape index (κ1) is 24.9. The van der Waals surface area contributed by atoms with Gasteiger partial charge in [-0.15, -0.1) is 0 Å². The summed E-state index contributed by atoms with van der Waals surface area (Å²) in [6.45, 7) is 6.42. The highest BCUT2D eigenvalue weighted by Gasteiger charge is 2.18. The van der Waals surface area contributed by atoms with Crippen LogP contribution in [0.1, 0.15) is 43.3 Å². The Balaban J connectivity index is 1.79. The first-order valence-electron chi connectivity index (χ1n) is 12.0. The standard InChI is InChI=1S/C28H29N5O3/c1-5-36-26(34)16-33-17-30-23(12-18(2)3)27(33)21-10-11-25-22(14-21)31-24(28(35)32(25)4)13-19-6-8-20(15-29)9-7-19/h6-11,14,17-18H,5,12-13,16H2,1-4H3. The highest BCUT2D eigenvalue weighted by molar-refractivity contribution is 5.82. The zero-order valence-corrected chi connectivity index (χ0v) is 21.0. The van der Waals surface area contributed by atoms with E-state index < -0.39 is 0 Å². The minimum atomic E-state index is -0.321. The monoisotopic (exact) mass is 483 g/mol. The van der Waals surface area contributed by atoms with Gasteiger partial charge in [-0.3, -0.25) is 9.59 Å². The molecule has 4 rings (SSSR count). The molecule has 0 spiro atoms. The van der Waals surface area contributed by atoms with E-state index in [1.165, 1.54) is 0 Å². The number of benzene rings is 2. The van der Waals surface area contributed by atoms with Gasteiger partial charge in [0.15, 0.2) is 0 Å². The van der Waals surface area contributed by atoms with Crippen LogP contribution in [0.15, 0.2) is 53.6 Å². The van der Waals surface area contributed by atoms with Crippen molar-refractivity contribution in [2.75, 3.05) is 6.61 Å². The molecule has 2 heterocycles. The van der Waals surface area contributed by atoms with Gasteiger partial charge in [0.05, 0.1) is 47.0 Å². The quantitative estimate of drug-likeness (QED) is 0.351. The van der Waals surface area contributed by atoms with Gasteiger partial charge in [-0.1, -0.05) is 32.0 Å². The fourth-order valence-corrected chi connectivity index (χ4v) is 4.30. The largest absolute Gasteiger partial charge is 0.465 e. The van der Waals surface area contributed by atoms with Gasteiger partial charge in [-0.2, -0.15) is 5.26 Å². The van der Waals surface area contributed by atoms with E-state index in [4.69, 9.17) is 15.0 Å². The summed E-state index contributed by atoms with van der Waals surface area (Å²) in [5.41, 5.74) is 5.75. The molecule has 0 saturated carbocycles. The highest BCUT2D eigenvalue weighted by Crippen LogP contribution is 2.28. The molecule has 0 radical (unpaired) electrons. The van der Waals surface area contributed by atoms with Crippen LogP contribution in [0.2, 0.25) is 0 Å². The number of imidazole rings is 1. The summed E-state index contributed by atoms with van der Waals surface area (Å²) in [5, 5.41) is 9.04. The van der Waals surface area contributed by atoms with Crippen molar-refractivity contribution in [2.24, 2.45) is 13.0 Å². The number of aromatic nitrogens is 4. The van der Waals surface area contributed by atoms with Gasteiger partial charge >= 0.3 is 5.97 Å². The topological polar surface area (TPSA) is 103 Å². The first-order valence-corrected chi connectivity index (χ1v) is 12.0. The Hall–Kier alpha value is -4.25. The molecule has 0 aliphatic carbocycles. The molecule has 2 aromatic carbocycles. The third-order valence-electron chi connectivity index (χ3n) is 5.99. The summed E-state index contributed by atoms with van der Waals surface area (Å²) >= 11 is 0. The Morgan fingerprint density at radius 1 is 1.14 bits per heavy atom. The van der Waals surface area contributed by atoms with Crippen LogP contribution in [0.3, 0.4) is 0 Å². The summed E-state index contributed by atoms with van der Waals surface area (Å²) in [4.78, 5) is 34.6. The zero-order valence-electron chi connectivity index (χ0n) is 21.0. The number of rotatable bonds is 8. The van der Waals surface area contributed by atoms with Crippen LogP contribution in [0.25, 0.3) is 22.3 Å². The molecule has 0 aliphatic rings. The maximum atomic E-state index is 13.0. The Labute approximate surface area is 209 Å². The van der Waals surface area contributed by atoms with Crippen molar-refractivity contribution in [1.82, 2.24) is 19.1 Å². The normalized spacial score (nSPS) is 11.1. The second-order valence-electron chi connectivity index (χ2n) is 9.18. The molecule has 2 aromatic heterocycles. The van der Waals surface area contributed by atoms with Crippen LogP contribution in [-0.2, 0) is 36.0 Å². The van der Waals surface area contributed by atoms with E-state index in [0.717, 1.165) is 28.9 Å². The number of nitriles is 1. The van der Waals surface area contributed by atoms with Gasteiger partial charge in [0.1, 0.15) is 12.2 Å². The number of carbonyl (C=O) groups excluding carboxylic acids is 1. The molecular weight excluding hydrogens is 454 g/mol. The van der Waals surface area contributed by atoms with Gasteiger partial charge in [0.2, 0.25) is 0 Å². The number of hydrogen-bond acceptors (Lipinski definition) is 6. The molecule has 0 amide bonds. The fourth-order valence-electron chi connectivity index (χ4n) is 4.30. The average molecular weight is 484 g/mol. The van der Waals surface area contributed by atoms with Crippen molar-refractivity contribution in [2.45, 2.75) is 40.2 Å². The van der Waals surface area contributed by atoms with E-state index in [-0.39, 0.29) is 18.1 Å². The second-order valence-corrected chi connectivity index (χ2v) is 9.18. The van der Waals surface area contributed by atoms with Gasteiger partial charge in [-0.25, -0.2) is 9.97 Å². The Bertz CT molecular complexity index is 1510. The van der Waals surface area contributed by atoms with E-state index in [2.05, 4.69) is 24.9 Å². The SMILES string of the molecule is CCOC(=O)Cn1cnc(CC(C)C)c1-c1ccc2c(c1)nc(Cc1ccc(C#N)cc1)c(=O)n2C. The molecule has 0 fully saturated rings. The van der Waals surface area contributed by atoms with Crippen molar-refractivity contribution in [3.05, 3.63) is 81.7 Å². The summed E-state index contributed by atoms with van der Waals surface area (Å²) in [6.07, 6.45) is 2.80. The molecule has 0 atom stereocenters. The molecule has 0 bridgehead atoms. The van der Waals surface area contributed by atoms with Crippen LogP contribution in [0, 0.1) is 17.2 Å². The maximum absolute atomic E-state index is 13.0. The van der Waals surface area contributed by atoms with E-state index in [0.29, 0.717) is 41.2 Å². The van der Waals surface area contributed by atoms with Crippen molar-refractivity contribution in [3.63, 3.8) is 0 Å².